The lowest BCUT2D eigenvalue weighted by Gasteiger charge is -2.09. The molecule has 0 spiro atoms. The van der Waals surface area contributed by atoms with E-state index in [0.717, 1.165) is 11.3 Å². The van der Waals surface area contributed by atoms with E-state index in [2.05, 4.69) is 15.6 Å². The van der Waals surface area contributed by atoms with Gasteiger partial charge in [-0.25, -0.2) is 4.98 Å². The Kier molecular flexibility index (Phi) is 5.98. The van der Waals surface area contributed by atoms with Gasteiger partial charge in [-0.3, -0.25) is 9.59 Å². The van der Waals surface area contributed by atoms with Crippen molar-refractivity contribution in [3.8, 4) is 28.5 Å². The Morgan fingerprint density at radius 3 is 2.19 bits per heavy atom. The van der Waals surface area contributed by atoms with Crippen LogP contribution in [0.2, 0.25) is 0 Å². The Hall–Kier alpha value is -4.39. The molecule has 0 fully saturated rings. The summed E-state index contributed by atoms with van der Waals surface area (Å²) in [6, 6.07) is 21.4. The van der Waals surface area contributed by atoms with Crippen LogP contribution >= 0.6 is 0 Å². The molecule has 3 aromatic carbocycles. The molecule has 4 aromatic rings. The fourth-order valence-corrected chi connectivity index (χ4v) is 3.19. The maximum absolute atomic E-state index is 13.0. The second-order valence-electron chi connectivity index (χ2n) is 7.02. The Balaban J connectivity index is 1.55. The molecule has 7 heteroatoms. The first kappa shape index (κ1) is 20.9. The zero-order valence-corrected chi connectivity index (χ0v) is 17.6. The van der Waals surface area contributed by atoms with E-state index in [1.54, 1.807) is 55.8 Å². The average molecular weight is 427 g/mol. The molecule has 160 valence electrons. The molecule has 0 saturated heterocycles. The molecule has 2 amide bonds. The molecule has 32 heavy (non-hydrogen) atoms. The van der Waals surface area contributed by atoms with E-state index >= 15 is 0 Å². The van der Waals surface area contributed by atoms with Gasteiger partial charge in [0.1, 0.15) is 5.75 Å². The van der Waals surface area contributed by atoms with E-state index in [-0.39, 0.29) is 11.8 Å². The first-order valence-electron chi connectivity index (χ1n) is 9.92. The lowest BCUT2D eigenvalue weighted by atomic mass is 10.1. The smallest absolute Gasteiger partial charge is 0.256 e. The number of oxazole rings is 1. The van der Waals surface area contributed by atoms with Gasteiger partial charge in [-0.1, -0.05) is 12.1 Å². The number of carbonyl (C=O) groups is 2. The number of rotatable bonds is 6. The second-order valence-corrected chi connectivity index (χ2v) is 7.02. The Labute approximate surface area is 185 Å². The van der Waals surface area contributed by atoms with Crippen LogP contribution in [0.1, 0.15) is 17.3 Å². The monoisotopic (exact) mass is 427 g/mol. The number of amides is 2. The Morgan fingerprint density at radius 2 is 1.53 bits per heavy atom. The maximum Gasteiger partial charge on any atom is 0.256 e. The molecule has 1 aromatic heterocycles. The van der Waals surface area contributed by atoms with Crippen molar-refractivity contribution in [1.82, 2.24) is 4.98 Å². The second kappa shape index (κ2) is 9.18. The molecule has 0 saturated carbocycles. The van der Waals surface area contributed by atoms with Crippen LogP contribution in [0.5, 0.6) is 5.75 Å². The summed E-state index contributed by atoms with van der Waals surface area (Å²) in [5.41, 5.74) is 3.12. The molecule has 0 aliphatic carbocycles. The summed E-state index contributed by atoms with van der Waals surface area (Å²) in [7, 11) is 1.61. The molecule has 0 bridgehead atoms. The highest BCUT2D eigenvalue weighted by Crippen LogP contribution is 2.29. The van der Waals surface area contributed by atoms with Crippen LogP contribution < -0.4 is 15.4 Å². The highest BCUT2D eigenvalue weighted by molar-refractivity contribution is 6.08. The standard InChI is InChI=1S/C25H21N3O4/c1-16(29)27-18-9-11-19(12-10-18)28-24(30)21-5-3-4-6-22(21)25-26-15-23(32-25)17-7-13-20(31-2)14-8-17/h3-15H,1-2H3,(H,27,29)(H,28,30). The number of benzene rings is 3. The van der Waals surface area contributed by atoms with Crippen LogP contribution in [0.15, 0.2) is 83.4 Å². The van der Waals surface area contributed by atoms with Crippen molar-refractivity contribution >= 4 is 23.2 Å². The van der Waals surface area contributed by atoms with Crippen LogP contribution in [-0.4, -0.2) is 23.9 Å². The maximum atomic E-state index is 13.0. The lowest BCUT2D eigenvalue weighted by molar-refractivity contribution is -0.114. The van der Waals surface area contributed by atoms with Crippen LogP contribution in [0.25, 0.3) is 22.8 Å². The third kappa shape index (κ3) is 4.67. The molecule has 0 unspecified atom stereocenters. The van der Waals surface area contributed by atoms with E-state index in [4.69, 9.17) is 9.15 Å². The van der Waals surface area contributed by atoms with Crippen LogP contribution in [0.3, 0.4) is 0 Å². The van der Waals surface area contributed by atoms with Gasteiger partial charge in [-0.15, -0.1) is 0 Å². The van der Waals surface area contributed by atoms with Crippen molar-refractivity contribution in [2.24, 2.45) is 0 Å². The Morgan fingerprint density at radius 1 is 0.875 bits per heavy atom. The molecular weight excluding hydrogens is 406 g/mol. The van der Waals surface area contributed by atoms with E-state index in [1.807, 2.05) is 30.3 Å². The zero-order valence-electron chi connectivity index (χ0n) is 17.6. The fraction of sp³-hybridized carbons (Fsp3) is 0.0800. The number of nitrogens with zero attached hydrogens (tertiary/aromatic N) is 1. The third-order valence-electron chi connectivity index (χ3n) is 4.75. The van der Waals surface area contributed by atoms with Gasteiger partial charge < -0.3 is 19.8 Å². The molecule has 4 rings (SSSR count). The molecule has 0 radical (unpaired) electrons. The molecule has 1 heterocycles. The minimum atomic E-state index is -0.294. The summed E-state index contributed by atoms with van der Waals surface area (Å²) in [5.74, 6) is 1.24. The summed E-state index contributed by atoms with van der Waals surface area (Å²) in [6.45, 7) is 1.44. The number of carbonyl (C=O) groups excluding carboxylic acids is 2. The highest BCUT2D eigenvalue weighted by atomic mass is 16.5. The largest absolute Gasteiger partial charge is 0.497 e. The molecule has 2 N–H and O–H groups in total. The van der Waals surface area contributed by atoms with Crippen molar-refractivity contribution in [2.75, 3.05) is 17.7 Å². The van der Waals surface area contributed by atoms with E-state index in [9.17, 15) is 9.59 Å². The minimum absolute atomic E-state index is 0.157. The number of aromatic nitrogens is 1. The van der Waals surface area contributed by atoms with Gasteiger partial charge in [-0.2, -0.15) is 0 Å². The number of hydrogen-bond donors (Lipinski definition) is 2. The first-order chi connectivity index (χ1) is 15.5. The van der Waals surface area contributed by atoms with Crippen molar-refractivity contribution in [1.29, 1.82) is 0 Å². The van der Waals surface area contributed by atoms with Crippen molar-refractivity contribution in [3.63, 3.8) is 0 Å². The van der Waals surface area contributed by atoms with Gasteiger partial charge in [0.05, 0.1) is 18.9 Å². The number of anilines is 2. The molecule has 0 aliphatic heterocycles. The third-order valence-corrected chi connectivity index (χ3v) is 4.75. The number of ether oxygens (including phenoxy) is 1. The SMILES string of the molecule is COc1ccc(-c2cnc(-c3ccccc3C(=O)Nc3ccc(NC(C)=O)cc3)o2)cc1. The molecule has 7 nitrogen and oxygen atoms in total. The summed E-state index contributed by atoms with van der Waals surface area (Å²) in [4.78, 5) is 28.5. The van der Waals surface area contributed by atoms with Crippen LogP contribution in [0.4, 0.5) is 11.4 Å². The number of nitrogens with one attached hydrogen (secondary N) is 2. The van der Waals surface area contributed by atoms with Gasteiger partial charge in [-0.05, 0) is 60.7 Å². The van der Waals surface area contributed by atoms with Gasteiger partial charge in [0.25, 0.3) is 5.91 Å². The molecule has 0 atom stereocenters. The van der Waals surface area contributed by atoms with E-state index in [0.29, 0.717) is 34.2 Å². The lowest BCUT2D eigenvalue weighted by Crippen LogP contribution is -2.13. The van der Waals surface area contributed by atoms with Crippen LogP contribution in [0, 0.1) is 0 Å². The number of hydrogen-bond acceptors (Lipinski definition) is 5. The summed E-state index contributed by atoms with van der Waals surface area (Å²) >= 11 is 0. The fourth-order valence-electron chi connectivity index (χ4n) is 3.19. The van der Waals surface area contributed by atoms with Gasteiger partial charge >= 0.3 is 0 Å². The van der Waals surface area contributed by atoms with Crippen molar-refractivity contribution in [3.05, 3.63) is 84.6 Å². The summed E-state index contributed by atoms with van der Waals surface area (Å²) < 4.78 is 11.1. The molecular formula is C25H21N3O4. The zero-order chi connectivity index (χ0) is 22.5. The van der Waals surface area contributed by atoms with Gasteiger partial charge in [0.15, 0.2) is 5.76 Å². The van der Waals surface area contributed by atoms with E-state index in [1.165, 1.54) is 6.92 Å². The minimum Gasteiger partial charge on any atom is -0.497 e. The van der Waals surface area contributed by atoms with Crippen LogP contribution in [-0.2, 0) is 4.79 Å². The summed E-state index contributed by atoms with van der Waals surface area (Å²) in [5, 5.41) is 5.56. The van der Waals surface area contributed by atoms with Gasteiger partial charge in [0, 0.05) is 29.4 Å². The normalized spacial score (nSPS) is 10.4. The quantitative estimate of drug-likeness (QED) is 0.440. The topological polar surface area (TPSA) is 93.5 Å². The van der Waals surface area contributed by atoms with E-state index < -0.39 is 0 Å². The first-order valence-corrected chi connectivity index (χ1v) is 9.92. The average Bonchev–Trinajstić information content (AvgIpc) is 3.30. The molecule has 0 aliphatic rings. The van der Waals surface area contributed by atoms with Crippen molar-refractivity contribution in [2.45, 2.75) is 6.92 Å². The van der Waals surface area contributed by atoms with Gasteiger partial charge in [0.2, 0.25) is 11.8 Å². The Bertz CT molecular complexity index is 1240. The summed E-state index contributed by atoms with van der Waals surface area (Å²) in [6.07, 6.45) is 1.63. The number of methoxy groups -OCH3 is 1. The van der Waals surface area contributed by atoms with Crippen molar-refractivity contribution < 1.29 is 18.7 Å². The highest BCUT2D eigenvalue weighted by Gasteiger charge is 2.17. The predicted octanol–water partition coefficient (Wildman–Crippen LogP) is 5.23. The predicted molar refractivity (Wildman–Crippen MR) is 123 cm³/mol.